The second-order valence-electron chi connectivity index (χ2n) is 4.11. The summed E-state index contributed by atoms with van der Waals surface area (Å²) in [5, 5.41) is 0. The number of amides is 1. The van der Waals surface area contributed by atoms with Gasteiger partial charge in [-0.15, -0.1) is 0 Å². The maximum absolute atomic E-state index is 11.9. The highest BCUT2D eigenvalue weighted by atomic mass is 79.9. The van der Waals surface area contributed by atoms with Crippen molar-refractivity contribution in [2.45, 2.75) is 6.42 Å². The smallest absolute Gasteiger partial charge is 0.227 e. The Morgan fingerprint density at radius 1 is 1.53 bits per heavy atom. The Hall–Kier alpha value is -0.680. The van der Waals surface area contributed by atoms with Crippen molar-refractivity contribution in [2.24, 2.45) is 5.92 Å². The van der Waals surface area contributed by atoms with Gasteiger partial charge in [-0.1, -0.05) is 15.9 Å². The molecule has 1 amide bonds. The third-order valence-electron chi connectivity index (χ3n) is 2.87. The molecule has 0 saturated carbocycles. The van der Waals surface area contributed by atoms with Gasteiger partial charge in [-0.05, 0) is 23.8 Å². The zero-order chi connectivity index (χ0) is 12.4. The summed E-state index contributed by atoms with van der Waals surface area (Å²) in [5.74, 6) is 1.99. The molecule has 0 aromatic heterocycles. The van der Waals surface area contributed by atoms with Crippen LogP contribution in [0.2, 0.25) is 0 Å². The zero-order valence-electron chi connectivity index (χ0n) is 9.52. The van der Waals surface area contributed by atoms with Gasteiger partial charge >= 0.3 is 0 Å². The van der Waals surface area contributed by atoms with E-state index in [4.69, 9.17) is 4.74 Å². The fourth-order valence-corrected chi connectivity index (χ4v) is 2.68. The van der Waals surface area contributed by atoms with Gasteiger partial charge in [0.1, 0.15) is 5.75 Å². The molecule has 0 radical (unpaired) electrons. The Kier molecular flexibility index (Phi) is 3.99. The molecule has 1 saturated heterocycles. The molecule has 1 aliphatic heterocycles. The van der Waals surface area contributed by atoms with Crippen molar-refractivity contribution in [1.29, 1.82) is 0 Å². The molecule has 0 spiro atoms. The fourth-order valence-electron chi connectivity index (χ4n) is 1.98. The molecule has 2 rings (SSSR count). The second-order valence-corrected chi connectivity index (χ2v) is 5.39. The Labute approximate surface area is 115 Å². The van der Waals surface area contributed by atoms with E-state index in [1.54, 1.807) is 12.0 Å². The van der Waals surface area contributed by atoms with E-state index >= 15 is 0 Å². The molecule has 1 aromatic rings. The molecule has 5 heteroatoms. The number of carbonyl (C=O) groups is 1. The monoisotopic (exact) mass is 315 g/mol. The van der Waals surface area contributed by atoms with Crippen molar-refractivity contribution in [3.8, 4) is 5.75 Å². The molecular weight excluding hydrogens is 302 g/mol. The van der Waals surface area contributed by atoms with Gasteiger partial charge in [0, 0.05) is 29.2 Å². The number of methoxy groups -OCH3 is 1. The predicted octanol–water partition coefficient (Wildman–Crippen LogP) is 2.74. The summed E-state index contributed by atoms with van der Waals surface area (Å²) in [6.45, 7) is 0.738. The number of carbonyl (C=O) groups excluding carboxylic acids is 1. The number of rotatable bonds is 3. The second kappa shape index (κ2) is 5.31. The van der Waals surface area contributed by atoms with Crippen LogP contribution in [0.25, 0.3) is 0 Å². The van der Waals surface area contributed by atoms with Crippen molar-refractivity contribution >= 4 is 40.2 Å². The van der Waals surface area contributed by atoms with Crippen LogP contribution in [0.1, 0.15) is 6.42 Å². The van der Waals surface area contributed by atoms with Crippen molar-refractivity contribution in [2.75, 3.05) is 24.3 Å². The first-order chi connectivity index (χ1) is 8.13. The standard InChI is InChI=1S/C12H14BrNO2S/c1-16-11-4-9(13)3-10(5-11)14-6-8(7-17)2-12(14)15/h3-5,8,17H,2,6-7H2,1H3. The number of anilines is 1. The van der Waals surface area contributed by atoms with Crippen LogP contribution in [-0.2, 0) is 4.79 Å². The SMILES string of the molecule is COc1cc(Br)cc(N2CC(CS)CC2=O)c1. The maximum atomic E-state index is 11.9. The number of hydrogen-bond donors (Lipinski definition) is 1. The van der Waals surface area contributed by atoms with E-state index in [2.05, 4.69) is 28.6 Å². The first-order valence-corrected chi connectivity index (χ1v) is 6.82. The quantitative estimate of drug-likeness (QED) is 0.869. The highest BCUT2D eigenvalue weighted by molar-refractivity contribution is 9.10. The Morgan fingerprint density at radius 2 is 2.29 bits per heavy atom. The lowest BCUT2D eigenvalue weighted by molar-refractivity contribution is -0.117. The first kappa shape index (κ1) is 12.8. The minimum Gasteiger partial charge on any atom is -0.497 e. The summed E-state index contributed by atoms with van der Waals surface area (Å²) in [6.07, 6.45) is 0.582. The summed E-state index contributed by atoms with van der Waals surface area (Å²) in [4.78, 5) is 13.7. The summed E-state index contributed by atoms with van der Waals surface area (Å²) >= 11 is 7.68. The van der Waals surface area contributed by atoms with Crippen LogP contribution in [0.5, 0.6) is 5.75 Å². The van der Waals surface area contributed by atoms with Gasteiger partial charge in [0.15, 0.2) is 0 Å². The molecule has 1 atom stereocenters. The van der Waals surface area contributed by atoms with Crippen LogP contribution < -0.4 is 9.64 Å². The Bertz CT molecular complexity index is 439. The molecule has 1 unspecified atom stereocenters. The van der Waals surface area contributed by atoms with E-state index in [1.165, 1.54) is 0 Å². The average Bonchev–Trinajstić information content (AvgIpc) is 2.69. The molecule has 0 N–H and O–H groups in total. The van der Waals surface area contributed by atoms with E-state index in [0.717, 1.165) is 28.2 Å². The van der Waals surface area contributed by atoms with E-state index in [1.807, 2.05) is 18.2 Å². The van der Waals surface area contributed by atoms with Gasteiger partial charge in [0.05, 0.1) is 7.11 Å². The van der Waals surface area contributed by atoms with Crippen molar-refractivity contribution < 1.29 is 9.53 Å². The van der Waals surface area contributed by atoms with Gasteiger partial charge in [0.2, 0.25) is 5.91 Å². The van der Waals surface area contributed by atoms with Gasteiger partial charge in [0.25, 0.3) is 0 Å². The molecule has 1 aromatic carbocycles. The molecular formula is C12H14BrNO2S. The van der Waals surface area contributed by atoms with Gasteiger partial charge in [-0.3, -0.25) is 4.79 Å². The van der Waals surface area contributed by atoms with E-state index < -0.39 is 0 Å². The van der Waals surface area contributed by atoms with E-state index in [-0.39, 0.29) is 5.91 Å². The van der Waals surface area contributed by atoms with Crippen LogP contribution in [0, 0.1) is 5.92 Å². The largest absolute Gasteiger partial charge is 0.497 e. The average molecular weight is 316 g/mol. The number of halogens is 1. The molecule has 1 fully saturated rings. The number of thiol groups is 1. The molecule has 0 aliphatic carbocycles. The van der Waals surface area contributed by atoms with Crippen LogP contribution >= 0.6 is 28.6 Å². The van der Waals surface area contributed by atoms with Crippen molar-refractivity contribution in [3.63, 3.8) is 0 Å². The fraction of sp³-hybridized carbons (Fsp3) is 0.417. The highest BCUT2D eigenvalue weighted by Gasteiger charge is 2.29. The first-order valence-electron chi connectivity index (χ1n) is 5.40. The molecule has 1 heterocycles. The zero-order valence-corrected chi connectivity index (χ0v) is 12.0. The van der Waals surface area contributed by atoms with Crippen LogP contribution in [0.4, 0.5) is 5.69 Å². The summed E-state index contributed by atoms with van der Waals surface area (Å²) in [5.41, 5.74) is 0.880. The summed E-state index contributed by atoms with van der Waals surface area (Å²) in [6, 6.07) is 5.69. The number of ether oxygens (including phenoxy) is 1. The highest BCUT2D eigenvalue weighted by Crippen LogP contribution is 2.31. The van der Waals surface area contributed by atoms with Gasteiger partial charge in [-0.2, -0.15) is 12.6 Å². The predicted molar refractivity (Wildman–Crippen MR) is 75.0 cm³/mol. The Balaban J connectivity index is 2.28. The van der Waals surface area contributed by atoms with Gasteiger partial charge < -0.3 is 9.64 Å². The van der Waals surface area contributed by atoms with E-state index in [9.17, 15) is 4.79 Å². The van der Waals surface area contributed by atoms with Crippen molar-refractivity contribution in [1.82, 2.24) is 0 Å². The Morgan fingerprint density at radius 3 is 2.88 bits per heavy atom. The molecule has 0 bridgehead atoms. The molecule has 92 valence electrons. The third kappa shape index (κ3) is 2.77. The normalized spacial score (nSPS) is 19.8. The molecule has 3 nitrogen and oxygen atoms in total. The summed E-state index contributed by atoms with van der Waals surface area (Å²) < 4.78 is 6.11. The van der Waals surface area contributed by atoms with Crippen molar-refractivity contribution in [3.05, 3.63) is 22.7 Å². The van der Waals surface area contributed by atoms with E-state index in [0.29, 0.717) is 12.3 Å². The topological polar surface area (TPSA) is 29.5 Å². The minimum absolute atomic E-state index is 0.157. The van der Waals surface area contributed by atoms with Crippen LogP contribution in [0.15, 0.2) is 22.7 Å². The minimum atomic E-state index is 0.157. The van der Waals surface area contributed by atoms with Crippen LogP contribution in [-0.4, -0.2) is 25.3 Å². The maximum Gasteiger partial charge on any atom is 0.227 e. The number of benzene rings is 1. The number of hydrogen-bond acceptors (Lipinski definition) is 3. The van der Waals surface area contributed by atoms with Crippen LogP contribution in [0.3, 0.4) is 0 Å². The third-order valence-corrected chi connectivity index (χ3v) is 3.84. The van der Waals surface area contributed by atoms with Gasteiger partial charge in [-0.25, -0.2) is 0 Å². The lowest BCUT2D eigenvalue weighted by Gasteiger charge is -2.17. The lowest BCUT2D eigenvalue weighted by Crippen LogP contribution is -2.24. The number of nitrogens with zero attached hydrogens (tertiary/aromatic N) is 1. The molecule has 17 heavy (non-hydrogen) atoms. The lowest BCUT2D eigenvalue weighted by atomic mass is 10.1. The summed E-state index contributed by atoms with van der Waals surface area (Å²) in [7, 11) is 1.62. The molecule has 1 aliphatic rings.